The van der Waals surface area contributed by atoms with Gasteiger partial charge in [-0.1, -0.05) is 83.8 Å². The fraction of sp³-hybridized carbons (Fsp3) is 0.794. The first kappa shape index (κ1) is 38.3. The highest BCUT2D eigenvalue weighted by atomic mass is 16.6. The van der Waals surface area contributed by atoms with Crippen LogP contribution in [0.1, 0.15) is 96.5 Å². The number of ether oxygens (including phenoxy) is 7. The number of rotatable bonds is 32. The summed E-state index contributed by atoms with van der Waals surface area (Å²) in [4.78, 5) is 11.5. The highest BCUT2D eigenvalue weighted by Crippen LogP contribution is 2.15. The summed E-state index contributed by atoms with van der Waals surface area (Å²) in [5, 5.41) is 0. The number of aryl methyl sites for hydroxylation is 1. The highest BCUT2D eigenvalue weighted by Gasteiger charge is 2.02. The molecule has 0 aliphatic heterocycles. The Hall–Kier alpha value is -1.71. The third kappa shape index (κ3) is 26.0. The van der Waals surface area contributed by atoms with E-state index in [4.69, 9.17) is 33.2 Å². The van der Waals surface area contributed by atoms with E-state index in [1.165, 1.54) is 50.5 Å². The number of unbranched alkanes of at least 4 members (excludes halogenated alkanes) is 9. The van der Waals surface area contributed by atoms with Crippen LogP contribution in [0.4, 0.5) is 0 Å². The van der Waals surface area contributed by atoms with Gasteiger partial charge in [-0.05, 0) is 37.0 Å². The molecular formula is C34H60O8. The quantitative estimate of drug-likeness (QED) is 0.0653. The average molecular weight is 597 g/mol. The van der Waals surface area contributed by atoms with Gasteiger partial charge in [-0.25, -0.2) is 0 Å². The number of hydrogen-bond acceptors (Lipinski definition) is 8. The van der Waals surface area contributed by atoms with Crippen molar-refractivity contribution in [3.8, 4) is 5.75 Å². The Morgan fingerprint density at radius 2 is 0.929 bits per heavy atom. The number of esters is 1. The maximum Gasteiger partial charge on any atom is 0.305 e. The lowest BCUT2D eigenvalue weighted by Crippen LogP contribution is -2.15. The summed E-state index contributed by atoms with van der Waals surface area (Å²) in [5.74, 6) is 0.744. The van der Waals surface area contributed by atoms with E-state index in [-0.39, 0.29) is 5.97 Å². The molecule has 0 heterocycles. The summed E-state index contributed by atoms with van der Waals surface area (Å²) in [6.07, 6.45) is 15.3. The fourth-order valence-corrected chi connectivity index (χ4v) is 4.22. The average Bonchev–Trinajstić information content (AvgIpc) is 3.00. The van der Waals surface area contributed by atoms with Crippen molar-refractivity contribution in [1.82, 2.24) is 0 Å². The van der Waals surface area contributed by atoms with Gasteiger partial charge in [0.2, 0.25) is 0 Å². The van der Waals surface area contributed by atoms with Crippen molar-refractivity contribution in [2.45, 2.75) is 97.3 Å². The predicted octanol–water partition coefficient (Wildman–Crippen LogP) is 6.96. The molecule has 1 aromatic carbocycles. The smallest absolute Gasteiger partial charge is 0.305 e. The van der Waals surface area contributed by atoms with Gasteiger partial charge in [-0.15, -0.1) is 0 Å². The topological polar surface area (TPSA) is 81.7 Å². The first-order chi connectivity index (χ1) is 20.8. The van der Waals surface area contributed by atoms with Gasteiger partial charge in [0.25, 0.3) is 0 Å². The van der Waals surface area contributed by atoms with E-state index in [1.807, 2.05) is 0 Å². The Labute approximate surface area is 256 Å². The molecular weight excluding hydrogens is 536 g/mol. The van der Waals surface area contributed by atoms with Gasteiger partial charge in [-0.3, -0.25) is 4.79 Å². The van der Waals surface area contributed by atoms with E-state index in [0.717, 1.165) is 37.9 Å². The van der Waals surface area contributed by atoms with Crippen LogP contribution in [0, 0.1) is 0 Å². The zero-order valence-corrected chi connectivity index (χ0v) is 26.8. The molecule has 0 fully saturated rings. The van der Waals surface area contributed by atoms with E-state index >= 15 is 0 Å². The Morgan fingerprint density at radius 3 is 1.45 bits per heavy atom. The molecule has 0 amide bonds. The lowest BCUT2D eigenvalue weighted by Gasteiger charge is -2.09. The Bertz CT molecular complexity index is 697. The zero-order valence-electron chi connectivity index (χ0n) is 26.8. The summed E-state index contributed by atoms with van der Waals surface area (Å²) in [6, 6.07) is 8.45. The molecule has 0 radical (unpaired) electrons. The van der Waals surface area contributed by atoms with Crippen molar-refractivity contribution in [1.29, 1.82) is 0 Å². The summed E-state index contributed by atoms with van der Waals surface area (Å²) >= 11 is 0. The first-order valence-corrected chi connectivity index (χ1v) is 16.5. The van der Waals surface area contributed by atoms with Crippen LogP contribution in [0.5, 0.6) is 5.75 Å². The third-order valence-corrected chi connectivity index (χ3v) is 6.70. The van der Waals surface area contributed by atoms with Crippen molar-refractivity contribution in [2.24, 2.45) is 0 Å². The van der Waals surface area contributed by atoms with Gasteiger partial charge in [0.1, 0.15) is 19.0 Å². The fourth-order valence-electron chi connectivity index (χ4n) is 4.22. The van der Waals surface area contributed by atoms with Crippen LogP contribution >= 0.6 is 0 Å². The first-order valence-electron chi connectivity index (χ1n) is 16.5. The van der Waals surface area contributed by atoms with Crippen molar-refractivity contribution in [3.63, 3.8) is 0 Å². The molecule has 0 unspecified atom stereocenters. The monoisotopic (exact) mass is 596 g/mol. The van der Waals surface area contributed by atoms with Crippen LogP contribution in [-0.4, -0.2) is 85.3 Å². The molecule has 1 rings (SSSR count). The van der Waals surface area contributed by atoms with E-state index < -0.39 is 0 Å². The van der Waals surface area contributed by atoms with Gasteiger partial charge < -0.3 is 33.2 Å². The standard InChI is InChI=1S/C34H60O8/c1-3-5-7-9-10-11-12-14-32-16-18-33(19-17-32)41-30-28-39-26-24-37-22-20-36-21-23-38-25-27-40-29-31-42-34(35)15-13-8-6-4-2/h16-19H,3-15,20-31H2,1-2H3. The van der Waals surface area contributed by atoms with Crippen molar-refractivity contribution in [2.75, 3.05) is 79.3 Å². The molecule has 0 aliphatic rings. The molecule has 0 saturated carbocycles. The summed E-state index contributed by atoms with van der Waals surface area (Å²) in [5.41, 5.74) is 1.38. The second-order valence-electron chi connectivity index (χ2n) is 10.5. The predicted molar refractivity (Wildman–Crippen MR) is 167 cm³/mol. The molecule has 244 valence electrons. The molecule has 0 aliphatic carbocycles. The minimum atomic E-state index is -0.143. The van der Waals surface area contributed by atoms with Crippen LogP contribution in [0.2, 0.25) is 0 Å². The maximum absolute atomic E-state index is 11.5. The second kappa shape index (κ2) is 30.7. The SMILES string of the molecule is CCCCCCCCCc1ccc(OCCOCCOCCOCCOCCOCCOC(=O)CCCCCC)cc1. The van der Waals surface area contributed by atoms with Gasteiger partial charge in [0.05, 0.1) is 66.1 Å². The molecule has 0 bridgehead atoms. The number of carbonyl (C=O) groups excluding carboxylic acids is 1. The Kier molecular flexibility index (Phi) is 28.0. The molecule has 0 spiro atoms. The van der Waals surface area contributed by atoms with E-state index in [0.29, 0.717) is 85.7 Å². The largest absolute Gasteiger partial charge is 0.491 e. The number of benzene rings is 1. The lowest BCUT2D eigenvalue weighted by atomic mass is 10.0. The van der Waals surface area contributed by atoms with Crippen molar-refractivity contribution in [3.05, 3.63) is 29.8 Å². The Morgan fingerprint density at radius 1 is 0.500 bits per heavy atom. The molecule has 8 heteroatoms. The van der Waals surface area contributed by atoms with Crippen LogP contribution in [-0.2, 0) is 39.6 Å². The molecule has 0 aromatic heterocycles. The molecule has 8 nitrogen and oxygen atoms in total. The summed E-state index contributed by atoms with van der Waals surface area (Å²) < 4.78 is 38.4. The molecule has 1 aromatic rings. The molecule has 0 saturated heterocycles. The van der Waals surface area contributed by atoms with Crippen LogP contribution in [0.15, 0.2) is 24.3 Å². The highest BCUT2D eigenvalue weighted by molar-refractivity contribution is 5.69. The second-order valence-corrected chi connectivity index (χ2v) is 10.5. The van der Waals surface area contributed by atoms with Gasteiger partial charge >= 0.3 is 5.97 Å². The van der Waals surface area contributed by atoms with E-state index in [9.17, 15) is 4.79 Å². The zero-order chi connectivity index (χ0) is 30.2. The minimum Gasteiger partial charge on any atom is -0.491 e. The van der Waals surface area contributed by atoms with Crippen LogP contribution in [0.25, 0.3) is 0 Å². The molecule has 0 atom stereocenters. The Balaban J connectivity index is 1.77. The van der Waals surface area contributed by atoms with Crippen molar-refractivity contribution >= 4 is 5.97 Å². The van der Waals surface area contributed by atoms with E-state index in [1.54, 1.807) is 0 Å². The minimum absolute atomic E-state index is 0.143. The van der Waals surface area contributed by atoms with E-state index in [2.05, 4.69) is 38.1 Å². The number of carbonyl (C=O) groups is 1. The van der Waals surface area contributed by atoms with Crippen LogP contribution in [0.3, 0.4) is 0 Å². The van der Waals surface area contributed by atoms with Gasteiger partial charge in [-0.2, -0.15) is 0 Å². The van der Waals surface area contributed by atoms with Gasteiger partial charge in [0, 0.05) is 6.42 Å². The normalized spacial score (nSPS) is 11.2. The third-order valence-electron chi connectivity index (χ3n) is 6.70. The lowest BCUT2D eigenvalue weighted by molar-refractivity contribution is -0.145. The van der Waals surface area contributed by atoms with Crippen molar-refractivity contribution < 1.29 is 38.0 Å². The summed E-state index contributed by atoms with van der Waals surface area (Å²) in [6.45, 7) is 10.2. The molecule has 42 heavy (non-hydrogen) atoms. The summed E-state index contributed by atoms with van der Waals surface area (Å²) in [7, 11) is 0. The number of hydrogen-bond donors (Lipinski definition) is 0. The van der Waals surface area contributed by atoms with Crippen LogP contribution < -0.4 is 4.74 Å². The maximum atomic E-state index is 11.5. The van der Waals surface area contributed by atoms with Gasteiger partial charge in [0.15, 0.2) is 0 Å². The molecule has 0 N–H and O–H groups in total.